The number of carbonyl (C=O) groups excluding carboxylic acids is 1. The molecule has 1 aromatic rings. The number of carboxylic acid groups (broad SMARTS) is 1. The van der Waals surface area contributed by atoms with Gasteiger partial charge in [-0.1, -0.05) is 30.3 Å². The van der Waals surface area contributed by atoms with E-state index in [-0.39, 0.29) is 36.0 Å². The van der Waals surface area contributed by atoms with E-state index in [1.54, 1.807) is 12.1 Å². The number of nitrogens with two attached hydrogens (primary N) is 1. The van der Waals surface area contributed by atoms with Crippen molar-refractivity contribution in [2.24, 2.45) is 5.73 Å². The third kappa shape index (κ3) is 4.43. The predicted molar refractivity (Wildman–Crippen MR) is 43.0 cm³/mol. The van der Waals surface area contributed by atoms with E-state index in [2.05, 4.69) is 0 Å². The molecule has 3 nitrogen and oxygen atoms in total. The monoisotopic (exact) mass is 187 g/mol. The number of hydrogen-bond donors (Lipinski definition) is 1. The molecule has 4 heteroatoms. The van der Waals surface area contributed by atoms with Gasteiger partial charge in [-0.25, -0.2) is 0 Å². The standard InChI is InChI=1S/C9H11NO2.Na/c10-8(6-9(11)12)7-4-2-1-3-5-7;/h1-5,8H,6,10H2,(H,11,12);/q;+1/p-1. The van der Waals surface area contributed by atoms with Gasteiger partial charge in [-0.15, -0.1) is 0 Å². The summed E-state index contributed by atoms with van der Waals surface area (Å²) in [7, 11) is 0. The van der Waals surface area contributed by atoms with Crippen LogP contribution in [0.5, 0.6) is 0 Å². The van der Waals surface area contributed by atoms with Gasteiger partial charge in [0.1, 0.15) is 0 Å². The zero-order chi connectivity index (χ0) is 8.97. The first-order chi connectivity index (χ1) is 5.70. The zero-order valence-corrected chi connectivity index (χ0v) is 9.57. The van der Waals surface area contributed by atoms with Crippen molar-refractivity contribution in [3.05, 3.63) is 35.9 Å². The van der Waals surface area contributed by atoms with Gasteiger partial charge in [-0.3, -0.25) is 0 Å². The van der Waals surface area contributed by atoms with Crippen molar-refractivity contribution >= 4 is 5.97 Å². The van der Waals surface area contributed by atoms with E-state index in [0.717, 1.165) is 5.56 Å². The van der Waals surface area contributed by atoms with Crippen molar-refractivity contribution in [2.75, 3.05) is 0 Å². The number of aliphatic carboxylic acids is 1. The largest absolute Gasteiger partial charge is 1.00 e. The second kappa shape index (κ2) is 6.16. The molecular weight excluding hydrogens is 177 g/mol. The summed E-state index contributed by atoms with van der Waals surface area (Å²) in [6.07, 6.45) is -0.135. The van der Waals surface area contributed by atoms with Crippen molar-refractivity contribution in [3.8, 4) is 0 Å². The normalized spacial score (nSPS) is 11.5. The molecule has 0 aliphatic rings. The fraction of sp³-hybridized carbons (Fsp3) is 0.222. The Labute approximate surface area is 99.2 Å². The minimum absolute atomic E-state index is 0. The Morgan fingerprint density at radius 1 is 1.38 bits per heavy atom. The van der Waals surface area contributed by atoms with Crippen LogP contribution in [-0.4, -0.2) is 5.97 Å². The minimum Gasteiger partial charge on any atom is -0.550 e. The molecule has 0 bridgehead atoms. The topological polar surface area (TPSA) is 66.2 Å². The van der Waals surface area contributed by atoms with E-state index in [1.165, 1.54) is 0 Å². The van der Waals surface area contributed by atoms with Crippen molar-refractivity contribution in [1.29, 1.82) is 0 Å². The molecular formula is C9H10NNaO2. The van der Waals surface area contributed by atoms with Crippen LogP contribution >= 0.6 is 0 Å². The molecule has 0 aliphatic carbocycles. The molecule has 0 amide bonds. The maximum atomic E-state index is 10.2. The molecule has 1 unspecified atom stereocenters. The summed E-state index contributed by atoms with van der Waals surface area (Å²) in [6, 6.07) is 8.64. The average Bonchev–Trinajstić information content (AvgIpc) is 2.05. The fourth-order valence-electron chi connectivity index (χ4n) is 0.998. The van der Waals surface area contributed by atoms with E-state index in [4.69, 9.17) is 5.73 Å². The number of carbonyl (C=O) groups is 1. The second-order valence-corrected chi connectivity index (χ2v) is 2.59. The Hall–Kier alpha value is -0.350. The van der Waals surface area contributed by atoms with Crippen molar-refractivity contribution in [2.45, 2.75) is 12.5 Å². The van der Waals surface area contributed by atoms with Crippen molar-refractivity contribution in [3.63, 3.8) is 0 Å². The van der Waals surface area contributed by atoms with E-state index in [1.807, 2.05) is 18.2 Å². The smallest absolute Gasteiger partial charge is 0.550 e. The summed E-state index contributed by atoms with van der Waals surface area (Å²) in [5, 5.41) is 10.2. The van der Waals surface area contributed by atoms with Crippen LogP contribution < -0.4 is 40.4 Å². The molecule has 1 rings (SSSR count). The summed E-state index contributed by atoms with van der Waals surface area (Å²) >= 11 is 0. The molecule has 0 saturated carbocycles. The summed E-state index contributed by atoms with van der Waals surface area (Å²) < 4.78 is 0. The Morgan fingerprint density at radius 3 is 2.38 bits per heavy atom. The summed E-state index contributed by atoms with van der Waals surface area (Å²) in [5.41, 5.74) is 6.40. The van der Waals surface area contributed by atoms with E-state index < -0.39 is 12.0 Å². The van der Waals surface area contributed by atoms with Crippen LogP contribution in [0.15, 0.2) is 30.3 Å². The predicted octanol–water partition coefficient (Wildman–Crippen LogP) is -3.17. The van der Waals surface area contributed by atoms with Gasteiger partial charge in [0.05, 0.1) is 0 Å². The molecule has 0 radical (unpaired) electrons. The minimum atomic E-state index is -1.12. The molecule has 64 valence electrons. The molecule has 0 saturated heterocycles. The van der Waals surface area contributed by atoms with Crippen LogP contribution in [0.4, 0.5) is 0 Å². The molecule has 0 heterocycles. The first-order valence-electron chi connectivity index (χ1n) is 3.70. The van der Waals surface area contributed by atoms with Crippen LogP contribution in [0.25, 0.3) is 0 Å². The zero-order valence-electron chi connectivity index (χ0n) is 7.57. The maximum absolute atomic E-state index is 10.2. The molecule has 0 spiro atoms. The number of benzene rings is 1. The molecule has 0 aromatic heterocycles. The Kier molecular flexibility index (Phi) is 5.99. The molecule has 13 heavy (non-hydrogen) atoms. The number of carboxylic acids is 1. The van der Waals surface area contributed by atoms with E-state index >= 15 is 0 Å². The van der Waals surface area contributed by atoms with Gasteiger partial charge in [0.25, 0.3) is 0 Å². The average molecular weight is 187 g/mol. The van der Waals surface area contributed by atoms with Gasteiger partial charge in [-0.05, 0) is 5.56 Å². The van der Waals surface area contributed by atoms with E-state index in [0.29, 0.717) is 0 Å². The summed E-state index contributed by atoms with van der Waals surface area (Å²) in [6.45, 7) is 0. The molecule has 0 fully saturated rings. The first kappa shape index (κ1) is 12.7. The second-order valence-electron chi connectivity index (χ2n) is 2.59. The molecule has 1 atom stereocenters. The maximum Gasteiger partial charge on any atom is 1.00 e. The van der Waals surface area contributed by atoms with Crippen LogP contribution in [0, 0.1) is 0 Å². The van der Waals surface area contributed by atoms with Gasteiger partial charge >= 0.3 is 29.6 Å². The third-order valence-electron chi connectivity index (χ3n) is 1.61. The van der Waals surface area contributed by atoms with E-state index in [9.17, 15) is 9.90 Å². The molecule has 0 aliphatic heterocycles. The van der Waals surface area contributed by atoms with Gasteiger partial charge in [0, 0.05) is 18.4 Å². The van der Waals surface area contributed by atoms with Crippen molar-refractivity contribution < 1.29 is 39.5 Å². The van der Waals surface area contributed by atoms with Crippen LogP contribution in [-0.2, 0) is 4.79 Å². The van der Waals surface area contributed by atoms with Crippen LogP contribution in [0.3, 0.4) is 0 Å². The van der Waals surface area contributed by atoms with Crippen LogP contribution in [0.1, 0.15) is 18.0 Å². The fourth-order valence-corrected chi connectivity index (χ4v) is 0.998. The number of hydrogen-bond acceptors (Lipinski definition) is 3. The third-order valence-corrected chi connectivity index (χ3v) is 1.61. The van der Waals surface area contributed by atoms with Crippen LogP contribution in [0.2, 0.25) is 0 Å². The molecule has 1 aromatic carbocycles. The van der Waals surface area contributed by atoms with Gasteiger partial charge in [0.15, 0.2) is 0 Å². The Bertz CT molecular complexity index is 264. The Morgan fingerprint density at radius 2 is 1.92 bits per heavy atom. The Balaban J connectivity index is 0.00000144. The summed E-state index contributed by atoms with van der Waals surface area (Å²) in [5.74, 6) is -1.12. The van der Waals surface area contributed by atoms with Gasteiger partial charge < -0.3 is 15.6 Å². The molecule has 2 N–H and O–H groups in total. The first-order valence-corrected chi connectivity index (χ1v) is 3.70. The van der Waals surface area contributed by atoms with Gasteiger partial charge in [-0.2, -0.15) is 0 Å². The SMILES string of the molecule is NC(CC(=O)[O-])c1ccccc1.[Na+]. The quantitative estimate of drug-likeness (QED) is 0.508. The summed E-state index contributed by atoms with van der Waals surface area (Å²) in [4.78, 5) is 10.2. The van der Waals surface area contributed by atoms with Crippen molar-refractivity contribution in [1.82, 2.24) is 0 Å². The number of rotatable bonds is 3. The van der Waals surface area contributed by atoms with Gasteiger partial charge in [0.2, 0.25) is 0 Å².